The average Bonchev–Trinajstić information content (AvgIpc) is 3.06. The van der Waals surface area contributed by atoms with Crippen LogP contribution < -0.4 is 5.32 Å². The minimum atomic E-state index is -0.199. The fraction of sp³-hybridized carbons (Fsp3) is 0.211. The summed E-state index contributed by atoms with van der Waals surface area (Å²) in [6.45, 7) is 4.63. The lowest BCUT2D eigenvalue weighted by Crippen LogP contribution is -2.31. The Morgan fingerprint density at radius 3 is 2.52 bits per heavy atom. The molecule has 0 saturated heterocycles. The molecule has 1 aromatic heterocycles. The van der Waals surface area contributed by atoms with Crippen LogP contribution in [0.15, 0.2) is 48.5 Å². The minimum absolute atomic E-state index is 0.199. The second kappa shape index (κ2) is 7.44. The highest BCUT2D eigenvalue weighted by Crippen LogP contribution is 2.26. The number of nitrogens with zero attached hydrogens (tertiary/aromatic N) is 3. The maximum absolute atomic E-state index is 12.4. The molecule has 1 N–H and O–H groups in total. The third kappa shape index (κ3) is 4.22. The van der Waals surface area contributed by atoms with E-state index in [2.05, 4.69) is 15.5 Å². The van der Waals surface area contributed by atoms with Crippen molar-refractivity contribution in [2.24, 2.45) is 0 Å². The number of aromatic nitrogens is 2. The molecule has 3 aromatic rings. The van der Waals surface area contributed by atoms with Crippen LogP contribution in [-0.4, -0.2) is 28.2 Å². The van der Waals surface area contributed by atoms with Gasteiger partial charge in [0, 0.05) is 19.2 Å². The van der Waals surface area contributed by atoms with Gasteiger partial charge in [-0.25, -0.2) is 4.79 Å². The molecule has 0 radical (unpaired) electrons. The Kier molecular flexibility index (Phi) is 5.09. The molecule has 0 unspecified atom stereocenters. The van der Waals surface area contributed by atoms with Crippen molar-refractivity contribution >= 4 is 22.5 Å². The van der Waals surface area contributed by atoms with Crippen LogP contribution >= 0.6 is 11.3 Å². The fourth-order valence-electron chi connectivity index (χ4n) is 2.39. The van der Waals surface area contributed by atoms with E-state index in [0.29, 0.717) is 11.7 Å². The maximum Gasteiger partial charge on any atom is 0.323 e. The van der Waals surface area contributed by atoms with E-state index < -0.39 is 0 Å². The average molecular weight is 352 g/mol. The van der Waals surface area contributed by atoms with E-state index in [0.717, 1.165) is 16.1 Å². The summed E-state index contributed by atoms with van der Waals surface area (Å²) in [7, 11) is 1.77. The Hall–Kier alpha value is -2.73. The molecule has 0 atom stereocenters. The first-order valence-corrected chi connectivity index (χ1v) is 8.82. The molecule has 3 rings (SSSR count). The molecule has 0 fully saturated rings. The first-order chi connectivity index (χ1) is 12.0. The number of carbonyl (C=O) groups excluding carboxylic acids is 1. The molecule has 0 bridgehead atoms. The van der Waals surface area contributed by atoms with Gasteiger partial charge in [0.05, 0.1) is 0 Å². The largest absolute Gasteiger partial charge is 0.323 e. The number of anilines is 1. The van der Waals surface area contributed by atoms with Crippen molar-refractivity contribution in [3.63, 3.8) is 0 Å². The third-order valence-corrected chi connectivity index (χ3v) is 4.84. The normalized spacial score (nSPS) is 10.5. The maximum atomic E-state index is 12.4. The second-order valence-corrected chi connectivity index (χ2v) is 6.97. The molecule has 1 heterocycles. The summed E-state index contributed by atoms with van der Waals surface area (Å²) in [5, 5.41) is 12.3. The lowest BCUT2D eigenvalue weighted by molar-refractivity contribution is 0.220. The summed E-state index contributed by atoms with van der Waals surface area (Å²) in [5.41, 5.74) is 4.48. The molecule has 5 nitrogen and oxygen atoms in total. The molecule has 2 aromatic carbocycles. The molecule has 0 spiro atoms. The smallest absolute Gasteiger partial charge is 0.323 e. The minimum Gasteiger partial charge on any atom is -0.323 e. The van der Waals surface area contributed by atoms with Crippen LogP contribution in [0.25, 0.3) is 10.6 Å². The number of rotatable bonds is 4. The number of hydrogen-bond donors (Lipinski definition) is 1. The predicted molar refractivity (Wildman–Crippen MR) is 102 cm³/mol. The SMILES string of the molecule is Cc1ccc(-c2nnc(NC(=O)N(C)Cc3ccccc3C)s2)cc1. The lowest BCUT2D eigenvalue weighted by atomic mass is 10.1. The van der Waals surface area contributed by atoms with Gasteiger partial charge in [0.1, 0.15) is 5.01 Å². The van der Waals surface area contributed by atoms with Crippen molar-refractivity contribution < 1.29 is 4.79 Å². The van der Waals surface area contributed by atoms with E-state index in [4.69, 9.17) is 0 Å². The number of hydrogen-bond acceptors (Lipinski definition) is 4. The van der Waals surface area contributed by atoms with Crippen LogP contribution in [0.4, 0.5) is 9.93 Å². The van der Waals surface area contributed by atoms with Crippen LogP contribution in [0.1, 0.15) is 16.7 Å². The summed E-state index contributed by atoms with van der Waals surface area (Å²) in [4.78, 5) is 14.0. The zero-order valence-electron chi connectivity index (χ0n) is 14.5. The first kappa shape index (κ1) is 17.1. The molecular formula is C19H20N4OS. The topological polar surface area (TPSA) is 58.1 Å². The molecule has 0 aliphatic rings. The van der Waals surface area contributed by atoms with Crippen molar-refractivity contribution in [3.8, 4) is 10.6 Å². The number of amides is 2. The van der Waals surface area contributed by atoms with Crippen LogP contribution in [-0.2, 0) is 6.54 Å². The predicted octanol–water partition coefficient (Wildman–Crippen LogP) is 4.49. The van der Waals surface area contributed by atoms with Crippen LogP contribution in [0.3, 0.4) is 0 Å². The molecule has 6 heteroatoms. The lowest BCUT2D eigenvalue weighted by Gasteiger charge is -2.18. The highest BCUT2D eigenvalue weighted by atomic mass is 32.1. The Balaban J connectivity index is 1.65. The number of nitrogens with one attached hydrogen (secondary N) is 1. The molecule has 0 aliphatic heterocycles. The van der Waals surface area contributed by atoms with Crippen LogP contribution in [0, 0.1) is 13.8 Å². The highest BCUT2D eigenvalue weighted by molar-refractivity contribution is 7.18. The number of benzene rings is 2. The monoisotopic (exact) mass is 352 g/mol. The number of urea groups is 1. The molecule has 0 saturated carbocycles. The van der Waals surface area contributed by atoms with Gasteiger partial charge in [-0.15, -0.1) is 10.2 Å². The Bertz CT molecular complexity index is 873. The summed E-state index contributed by atoms with van der Waals surface area (Å²) in [5.74, 6) is 0. The van der Waals surface area contributed by atoms with Gasteiger partial charge in [0.25, 0.3) is 0 Å². The van der Waals surface area contributed by atoms with Gasteiger partial charge >= 0.3 is 6.03 Å². The van der Waals surface area contributed by atoms with Crippen molar-refractivity contribution in [2.45, 2.75) is 20.4 Å². The molecule has 2 amide bonds. The van der Waals surface area contributed by atoms with Gasteiger partial charge in [0.2, 0.25) is 5.13 Å². The van der Waals surface area contributed by atoms with Crippen molar-refractivity contribution in [1.29, 1.82) is 0 Å². The standard InChI is InChI=1S/C19H20N4OS/c1-13-8-10-15(11-9-13)17-21-22-18(25-17)20-19(24)23(3)12-16-7-5-4-6-14(16)2/h4-11H,12H2,1-3H3,(H,20,22,24). The Morgan fingerprint density at radius 1 is 1.08 bits per heavy atom. The highest BCUT2D eigenvalue weighted by Gasteiger charge is 2.14. The van der Waals surface area contributed by atoms with Crippen molar-refractivity contribution in [1.82, 2.24) is 15.1 Å². The van der Waals surface area contributed by atoms with E-state index in [1.807, 2.05) is 62.4 Å². The van der Waals surface area contributed by atoms with Gasteiger partial charge in [-0.05, 0) is 25.0 Å². The molecule has 0 aliphatic carbocycles. The zero-order chi connectivity index (χ0) is 17.8. The van der Waals surface area contributed by atoms with E-state index >= 15 is 0 Å². The van der Waals surface area contributed by atoms with Crippen molar-refractivity contribution in [3.05, 3.63) is 65.2 Å². The second-order valence-electron chi connectivity index (χ2n) is 5.99. The Labute approximate surface area is 151 Å². The summed E-state index contributed by atoms with van der Waals surface area (Å²) in [6, 6.07) is 15.9. The first-order valence-electron chi connectivity index (χ1n) is 8.00. The molecule has 25 heavy (non-hydrogen) atoms. The van der Waals surface area contributed by atoms with Crippen LogP contribution in [0.5, 0.6) is 0 Å². The number of carbonyl (C=O) groups is 1. The van der Waals surface area contributed by atoms with Crippen molar-refractivity contribution in [2.75, 3.05) is 12.4 Å². The molecular weight excluding hydrogens is 332 g/mol. The van der Waals surface area contributed by atoms with Crippen LogP contribution in [0.2, 0.25) is 0 Å². The molecule has 128 valence electrons. The summed E-state index contributed by atoms with van der Waals surface area (Å²) >= 11 is 1.37. The summed E-state index contributed by atoms with van der Waals surface area (Å²) in [6.07, 6.45) is 0. The van der Waals surface area contributed by atoms with Gasteiger partial charge in [-0.2, -0.15) is 0 Å². The van der Waals surface area contributed by atoms with E-state index in [1.54, 1.807) is 11.9 Å². The Morgan fingerprint density at radius 2 is 1.80 bits per heavy atom. The third-order valence-electron chi connectivity index (χ3n) is 3.95. The fourth-order valence-corrected chi connectivity index (χ4v) is 3.13. The zero-order valence-corrected chi connectivity index (χ0v) is 15.3. The van der Waals surface area contributed by atoms with Gasteiger partial charge in [-0.3, -0.25) is 5.32 Å². The van der Waals surface area contributed by atoms with E-state index in [1.165, 1.54) is 22.5 Å². The van der Waals surface area contributed by atoms with Gasteiger partial charge in [-0.1, -0.05) is 65.4 Å². The quantitative estimate of drug-likeness (QED) is 0.753. The number of aryl methyl sites for hydroxylation is 2. The van der Waals surface area contributed by atoms with E-state index in [9.17, 15) is 4.79 Å². The van der Waals surface area contributed by atoms with E-state index in [-0.39, 0.29) is 6.03 Å². The summed E-state index contributed by atoms with van der Waals surface area (Å²) < 4.78 is 0. The van der Waals surface area contributed by atoms with Gasteiger partial charge in [0.15, 0.2) is 0 Å². The van der Waals surface area contributed by atoms with Gasteiger partial charge < -0.3 is 4.90 Å².